The number of nitrogens with one attached hydrogen (secondary N) is 1. The molecule has 1 fully saturated rings. The average Bonchev–Trinajstić information content (AvgIpc) is 2.79. The minimum atomic E-state index is -3.81. The number of hydrogen-bond donors (Lipinski definition) is 1. The summed E-state index contributed by atoms with van der Waals surface area (Å²) in [7, 11) is -4.55. The maximum Gasteiger partial charge on any atom is 0.496 e. The summed E-state index contributed by atoms with van der Waals surface area (Å²) in [5.41, 5.74) is 1.89. The van der Waals surface area contributed by atoms with Crippen LogP contribution in [0.5, 0.6) is 0 Å². The first-order valence-electron chi connectivity index (χ1n) is 8.98. The molecule has 1 N–H and O–H groups in total. The largest absolute Gasteiger partial charge is 0.496 e. The van der Waals surface area contributed by atoms with Gasteiger partial charge in [0.15, 0.2) is 0 Å². The van der Waals surface area contributed by atoms with Gasteiger partial charge in [-0.15, -0.1) is 0 Å². The Balaban J connectivity index is 2.00. The summed E-state index contributed by atoms with van der Waals surface area (Å²) in [6.07, 6.45) is 0. The van der Waals surface area contributed by atoms with E-state index < -0.39 is 28.3 Å². The highest BCUT2D eigenvalue weighted by molar-refractivity contribution is 7.93. The Morgan fingerprint density at radius 1 is 0.889 bits per heavy atom. The molecule has 1 saturated heterocycles. The number of anilines is 1. The van der Waals surface area contributed by atoms with Crippen LogP contribution in [0.25, 0.3) is 0 Å². The van der Waals surface area contributed by atoms with Gasteiger partial charge in [-0.2, -0.15) is 0 Å². The maximum atomic E-state index is 13.1. The Kier molecular flexibility index (Phi) is 4.91. The highest BCUT2D eigenvalue weighted by atomic mass is 32.2. The van der Waals surface area contributed by atoms with Gasteiger partial charge in [-0.3, -0.25) is 4.72 Å². The van der Waals surface area contributed by atoms with Crippen molar-refractivity contribution in [1.82, 2.24) is 0 Å². The van der Waals surface area contributed by atoms with Gasteiger partial charge >= 0.3 is 7.12 Å². The zero-order chi connectivity index (χ0) is 20.0. The Morgan fingerprint density at radius 2 is 1.48 bits per heavy atom. The predicted octanol–water partition coefficient (Wildman–Crippen LogP) is 3.40. The molecule has 0 aliphatic carbocycles. The Labute approximate surface area is 162 Å². The average molecular weight is 387 g/mol. The molecule has 0 amide bonds. The molecule has 27 heavy (non-hydrogen) atoms. The molecule has 0 atom stereocenters. The summed E-state index contributed by atoms with van der Waals surface area (Å²) in [5.74, 6) is 0. The van der Waals surface area contributed by atoms with Crippen molar-refractivity contribution in [2.45, 2.75) is 57.6 Å². The molecule has 0 spiro atoms. The first-order valence-corrected chi connectivity index (χ1v) is 10.5. The summed E-state index contributed by atoms with van der Waals surface area (Å²) in [5, 5.41) is 0. The molecule has 0 radical (unpaired) electrons. The fraction of sp³-hybridized carbons (Fsp3) is 0.400. The second-order valence-corrected chi connectivity index (χ2v) is 9.63. The van der Waals surface area contributed by atoms with E-state index in [-0.39, 0.29) is 4.90 Å². The van der Waals surface area contributed by atoms with Gasteiger partial charge in [0.1, 0.15) is 0 Å². The molecule has 1 aliphatic heterocycles. The standard InChI is InChI=1S/C20H26BNO4S/c1-14-10-9-12-17(15(14)2)22-27(23,24)18-13-8-7-11-16(18)21-25-19(3,4)20(5,6)26-21/h7-13,22H,1-6H3. The van der Waals surface area contributed by atoms with E-state index in [1.807, 2.05) is 53.7 Å². The zero-order valence-corrected chi connectivity index (χ0v) is 17.5. The van der Waals surface area contributed by atoms with Crippen LogP contribution >= 0.6 is 0 Å². The lowest BCUT2D eigenvalue weighted by molar-refractivity contribution is 0.00578. The number of rotatable bonds is 4. The number of sulfonamides is 1. The van der Waals surface area contributed by atoms with Crippen molar-refractivity contribution in [2.24, 2.45) is 0 Å². The van der Waals surface area contributed by atoms with Crippen LogP contribution in [0, 0.1) is 13.8 Å². The first-order chi connectivity index (χ1) is 12.4. The quantitative estimate of drug-likeness (QED) is 0.817. The fourth-order valence-corrected chi connectivity index (χ4v) is 4.30. The molecule has 5 nitrogen and oxygen atoms in total. The van der Waals surface area contributed by atoms with Crippen LogP contribution in [0.3, 0.4) is 0 Å². The van der Waals surface area contributed by atoms with E-state index in [1.165, 1.54) is 0 Å². The van der Waals surface area contributed by atoms with E-state index >= 15 is 0 Å². The van der Waals surface area contributed by atoms with Crippen molar-refractivity contribution in [3.05, 3.63) is 53.6 Å². The Hall–Kier alpha value is -1.83. The molecule has 144 valence electrons. The van der Waals surface area contributed by atoms with Gasteiger partial charge in [0, 0.05) is 5.46 Å². The Morgan fingerprint density at radius 3 is 2.11 bits per heavy atom. The summed E-state index contributed by atoms with van der Waals surface area (Å²) in [6.45, 7) is 11.6. The highest BCUT2D eigenvalue weighted by Crippen LogP contribution is 2.37. The van der Waals surface area contributed by atoms with Crippen LogP contribution in [-0.2, 0) is 19.3 Å². The Bertz CT molecular complexity index is 954. The van der Waals surface area contributed by atoms with Gasteiger partial charge in [-0.1, -0.05) is 30.3 Å². The first kappa shape index (κ1) is 19.9. The van der Waals surface area contributed by atoms with Crippen LogP contribution in [0.15, 0.2) is 47.4 Å². The molecular formula is C20H26BNO4S. The molecule has 1 heterocycles. The molecule has 1 aliphatic rings. The lowest BCUT2D eigenvalue weighted by Crippen LogP contribution is -2.41. The van der Waals surface area contributed by atoms with Gasteiger partial charge in [0.2, 0.25) is 0 Å². The summed E-state index contributed by atoms with van der Waals surface area (Å²) >= 11 is 0. The summed E-state index contributed by atoms with van der Waals surface area (Å²) in [6, 6.07) is 12.3. The zero-order valence-electron chi connectivity index (χ0n) is 16.7. The van der Waals surface area contributed by atoms with Gasteiger partial charge in [0.05, 0.1) is 21.8 Å². The molecule has 2 aromatic carbocycles. The van der Waals surface area contributed by atoms with Crippen molar-refractivity contribution in [2.75, 3.05) is 4.72 Å². The molecule has 3 rings (SSSR count). The highest BCUT2D eigenvalue weighted by Gasteiger charge is 2.52. The molecule has 2 aromatic rings. The van der Waals surface area contributed by atoms with Gasteiger partial charge in [-0.25, -0.2) is 8.42 Å². The van der Waals surface area contributed by atoms with Gasteiger partial charge in [-0.05, 0) is 64.8 Å². The SMILES string of the molecule is Cc1cccc(NS(=O)(=O)c2ccccc2B2OC(C)(C)C(C)(C)O2)c1C. The van der Waals surface area contributed by atoms with Crippen LogP contribution in [0.1, 0.15) is 38.8 Å². The van der Waals surface area contributed by atoms with E-state index in [0.717, 1.165) is 11.1 Å². The molecule has 0 aromatic heterocycles. The van der Waals surface area contributed by atoms with E-state index in [9.17, 15) is 8.42 Å². The third kappa shape index (κ3) is 3.64. The summed E-state index contributed by atoms with van der Waals surface area (Å²) < 4.78 is 41.1. The third-order valence-electron chi connectivity index (χ3n) is 5.56. The second kappa shape index (κ2) is 6.65. The van der Waals surface area contributed by atoms with E-state index in [4.69, 9.17) is 9.31 Å². The number of hydrogen-bond acceptors (Lipinski definition) is 4. The van der Waals surface area contributed by atoms with Crippen molar-refractivity contribution in [1.29, 1.82) is 0 Å². The fourth-order valence-electron chi connectivity index (χ4n) is 2.95. The maximum absolute atomic E-state index is 13.1. The topological polar surface area (TPSA) is 64.6 Å². The summed E-state index contributed by atoms with van der Waals surface area (Å²) in [4.78, 5) is 0.157. The monoisotopic (exact) mass is 387 g/mol. The van der Waals surface area contributed by atoms with Gasteiger partial charge in [0.25, 0.3) is 10.0 Å². The van der Waals surface area contributed by atoms with Crippen molar-refractivity contribution in [3.63, 3.8) is 0 Å². The lowest BCUT2D eigenvalue weighted by Gasteiger charge is -2.32. The number of benzene rings is 2. The van der Waals surface area contributed by atoms with Crippen molar-refractivity contribution >= 4 is 28.3 Å². The molecular weight excluding hydrogens is 361 g/mol. The minimum Gasteiger partial charge on any atom is -0.399 e. The number of aryl methyl sites for hydroxylation is 1. The normalized spacial score (nSPS) is 18.5. The smallest absolute Gasteiger partial charge is 0.399 e. The minimum absolute atomic E-state index is 0.157. The van der Waals surface area contributed by atoms with Crippen LogP contribution < -0.4 is 10.2 Å². The van der Waals surface area contributed by atoms with Crippen LogP contribution in [0.2, 0.25) is 0 Å². The van der Waals surface area contributed by atoms with Crippen LogP contribution in [0.4, 0.5) is 5.69 Å². The van der Waals surface area contributed by atoms with Crippen molar-refractivity contribution in [3.8, 4) is 0 Å². The lowest BCUT2D eigenvalue weighted by atomic mass is 9.79. The van der Waals surface area contributed by atoms with E-state index in [1.54, 1.807) is 30.3 Å². The molecule has 0 bridgehead atoms. The van der Waals surface area contributed by atoms with Crippen molar-refractivity contribution < 1.29 is 17.7 Å². The predicted molar refractivity (Wildman–Crippen MR) is 109 cm³/mol. The van der Waals surface area contributed by atoms with E-state index in [0.29, 0.717) is 11.2 Å². The van der Waals surface area contributed by atoms with Gasteiger partial charge < -0.3 is 9.31 Å². The second-order valence-electron chi connectivity index (χ2n) is 7.98. The molecule has 0 unspecified atom stereocenters. The van der Waals surface area contributed by atoms with Crippen LogP contribution in [-0.4, -0.2) is 26.7 Å². The van der Waals surface area contributed by atoms with E-state index in [2.05, 4.69) is 4.72 Å². The molecule has 0 saturated carbocycles. The molecule has 7 heteroatoms. The third-order valence-corrected chi connectivity index (χ3v) is 7.00.